The van der Waals surface area contributed by atoms with E-state index in [4.69, 9.17) is 5.73 Å². The van der Waals surface area contributed by atoms with Crippen molar-refractivity contribution in [3.63, 3.8) is 0 Å². The smallest absolute Gasteiger partial charge is 0.182 e. The van der Waals surface area contributed by atoms with E-state index < -0.39 is 11.6 Å². The van der Waals surface area contributed by atoms with E-state index in [1.54, 1.807) is 0 Å². The van der Waals surface area contributed by atoms with Crippen LogP contribution >= 0.6 is 12.2 Å². The largest absolute Gasteiger partial charge is 0.389 e. The molecule has 0 saturated heterocycles. The normalized spacial score (nSPS) is 12.0. The van der Waals surface area contributed by atoms with Gasteiger partial charge >= 0.3 is 0 Å². The lowest BCUT2D eigenvalue weighted by Crippen LogP contribution is -2.15. The van der Waals surface area contributed by atoms with E-state index in [1.807, 2.05) is 38.1 Å². The first-order valence-corrected chi connectivity index (χ1v) is 6.92. The SMILES string of the molecule is Cc1ccc(C(C)Nc2ccc(C(N)=S)c(F)c2F)cc1. The van der Waals surface area contributed by atoms with Gasteiger partial charge in [-0.2, -0.15) is 0 Å². The van der Waals surface area contributed by atoms with Crippen molar-refractivity contribution in [2.75, 3.05) is 5.32 Å². The molecule has 0 aromatic heterocycles. The fourth-order valence-electron chi connectivity index (χ4n) is 2.02. The summed E-state index contributed by atoms with van der Waals surface area (Å²) in [7, 11) is 0. The Hall–Kier alpha value is -2.01. The van der Waals surface area contributed by atoms with Gasteiger partial charge in [0.25, 0.3) is 0 Å². The van der Waals surface area contributed by atoms with Crippen molar-refractivity contribution >= 4 is 22.9 Å². The lowest BCUT2D eigenvalue weighted by molar-refractivity contribution is 0.508. The lowest BCUT2D eigenvalue weighted by atomic mass is 10.1. The molecule has 0 aliphatic heterocycles. The van der Waals surface area contributed by atoms with Crippen LogP contribution in [-0.4, -0.2) is 4.99 Å². The third kappa shape index (κ3) is 3.36. The van der Waals surface area contributed by atoms with Crippen LogP contribution < -0.4 is 11.1 Å². The van der Waals surface area contributed by atoms with Crippen molar-refractivity contribution in [3.05, 3.63) is 64.7 Å². The number of anilines is 1. The Balaban J connectivity index is 2.25. The highest BCUT2D eigenvalue weighted by Gasteiger charge is 2.16. The van der Waals surface area contributed by atoms with Crippen LogP contribution in [0.3, 0.4) is 0 Å². The third-order valence-electron chi connectivity index (χ3n) is 3.30. The van der Waals surface area contributed by atoms with Gasteiger partial charge in [-0.05, 0) is 31.5 Å². The van der Waals surface area contributed by atoms with Crippen LogP contribution in [0.5, 0.6) is 0 Å². The minimum absolute atomic E-state index is 0.0839. The van der Waals surface area contributed by atoms with Gasteiger partial charge in [0.15, 0.2) is 11.6 Å². The van der Waals surface area contributed by atoms with E-state index in [0.29, 0.717) is 0 Å². The summed E-state index contributed by atoms with van der Waals surface area (Å²) in [5, 5.41) is 2.95. The standard InChI is InChI=1S/C16H16F2N2S/c1-9-3-5-11(6-4-9)10(2)20-13-8-7-12(16(19)21)14(17)15(13)18/h3-8,10,20H,1-2H3,(H2,19,21). The number of benzene rings is 2. The fraction of sp³-hybridized carbons (Fsp3) is 0.188. The highest BCUT2D eigenvalue weighted by Crippen LogP contribution is 2.25. The molecular formula is C16H16F2N2S. The zero-order chi connectivity index (χ0) is 15.6. The van der Waals surface area contributed by atoms with Crippen molar-refractivity contribution < 1.29 is 8.78 Å². The molecule has 2 aromatic carbocycles. The third-order valence-corrected chi connectivity index (χ3v) is 3.52. The lowest BCUT2D eigenvalue weighted by Gasteiger charge is -2.17. The summed E-state index contributed by atoms with van der Waals surface area (Å²) in [6.45, 7) is 3.87. The highest BCUT2D eigenvalue weighted by atomic mass is 32.1. The second kappa shape index (κ2) is 6.18. The molecule has 2 rings (SSSR count). The molecule has 0 aliphatic rings. The zero-order valence-electron chi connectivity index (χ0n) is 11.8. The van der Waals surface area contributed by atoms with Crippen molar-refractivity contribution in [3.8, 4) is 0 Å². The average Bonchev–Trinajstić information content (AvgIpc) is 2.44. The molecule has 3 N–H and O–H groups in total. The Bertz CT molecular complexity index is 669. The summed E-state index contributed by atoms with van der Waals surface area (Å²) in [4.78, 5) is -0.162. The second-order valence-electron chi connectivity index (χ2n) is 4.93. The number of halogens is 2. The molecule has 0 fully saturated rings. The molecule has 5 heteroatoms. The summed E-state index contributed by atoms with van der Waals surface area (Å²) in [6, 6.07) is 10.5. The van der Waals surface area contributed by atoms with E-state index >= 15 is 0 Å². The minimum Gasteiger partial charge on any atom is -0.389 e. The van der Waals surface area contributed by atoms with Crippen LogP contribution in [0.2, 0.25) is 0 Å². The predicted molar refractivity (Wildman–Crippen MR) is 85.5 cm³/mol. The number of nitrogens with two attached hydrogens (primary N) is 1. The van der Waals surface area contributed by atoms with Crippen LogP contribution in [0.25, 0.3) is 0 Å². The highest BCUT2D eigenvalue weighted by molar-refractivity contribution is 7.80. The van der Waals surface area contributed by atoms with Crippen LogP contribution in [0.15, 0.2) is 36.4 Å². The first-order valence-electron chi connectivity index (χ1n) is 6.51. The van der Waals surface area contributed by atoms with Gasteiger partial charge in [-0.15, -0.1) is 0 Å². The number of aryl methyl sites for hydroxylation is 1. The van der Waals surface area contributed by atoms with Crippen LogP contribution in [-0.2, 0) is 0 Å². The molecule has 0 bridgehead atoms. The molecule has 110 valence electrons. The molecule has 0 aliphatic carbocycles. The van der Waals surface area contributed by atoms with E-state index in [2.05, 4.69) is 17.5 Å². The quantitative estimate of drug-likeness (QED) is 0.836. The van der Waals surface area contributed by atoms with E-state index in [-0.39, 0.29) is 22.3 Å². The Morgan fingerprint density at radius 3 is 2.29 bits per heavy atom. The Morgan fingerprint density at radius 1 is 1.10 bits per heavy atom. The van der Waals surface area contributed by atoms with E-state index in [0.717, 1.165) is 11.1 Å². The first-order chi connectivity index (χ1) is 9.90. The van der Waals surface area contributed by atoms with Crippen molar-refractivity contribution in [1.82, 2.24) is 0 Å². The second-order valence-corrected chi connectivity index (χ2v) is 5.37. The maximum atomic E-state index is 14.0. The molecule has 2 nitrogen and oxygen atoms in total. The van der Waals surface area contributed by atoms with Crippen molar-refractivity contribution in [1.29, 1.82) is 0 Å². The van der Waals surface area contributed by atoms with Crippen molar-refractivity contribution in [2.45, 2.75) is 19.9 Å². The number of nitrogens with one attached hydrogen (secondary N) is 1. The Morgan fingerprint density at radius 2 is 1.71 bits per heavy atom. The average molecular weight is 306 g/mol. The molecule has 0 heterocycles. The number of thiocarbonyl (C=S) groups is 1. The minimum atomic E-state index is -1.02. The number of hydrogen-bond donors (Lipinski definition) is 2. The maximum absolute atomic E-state index is 14.0. The monoisotopic (exact) mass is 306 g/mol. The van der Waals surface area contributed by atoms with Crippen LogP contribution in [0, 0.1) is 18.6 Å². The zero-order valence-corrected chi connectivity index (χ0v) is 12.6. The van der Waals surface area contributed by atoms with Gasteiger partial charge < -0.3 is 11.1 Å². The van der Waals surface area contributed by atoms with Gasteiger partial charge in [0.05, 0.1) is 5.69 Å². The molecule has 1 atom stereocenters. The van der Waals surface area contributed by atoms with E-state index in [9.17, 15) is 8.78 Å². The molecule has 21 heavy (non-hydrogen) atoms. The molecular weight excluding hydrogens is 290 g/mol. The predicted octanol–water partition coefficient (Wildman–Crippen LogP) is 4.08. The summed E-state index contributed by atoms with van der Waals surface area (Å²) in [5.74, 6) is -2.00. The summed E-state index contributed by atoms with van der Waals surface area (Å²) in [5.41, 5.74) is 7.47. The summed E-state index contributed by atoms with van der Waals surface area (Å²) >= 11 is 4.68. The van der Waals surface area contributed by atoms with Gasteiger partial charge in [-0.1, -0.05) is 42.0 Å². The molecule has 2 aromatic rings. The van der Waals surface area contributed by atoms with Gasteiger partial charge in [0.2, 0.25) is 0 Å². The summed E-state index contributed by atoms with van der Waals surface area (Å²) in [6.07, 6.45) is 0. The van der Waals surface area contributed by atoms with Gasteiger partial charge in [0.1, 0.15) is 4.99 Å². The fourth-order valence-corrected chi connectivity index (χ4v) is 2.18. The Labute approximate surface area is 128 Å². The molecule has 0 saturated carbocycles. The molecule has 0 radical (unpaired) electrons. The van der Waals surface area contributed by atoms with Crippen LogP contribution in [0.4, 0.5) is 14.5 Å². The topological polar surface area (TPSA) is 38.0 Å². The van der Waals surface area contributed by atoms with Crippen LogP contribution in [0.1, 0.15) is 29.7 Å². The van der Waals surface area contributed by atoms with Crippen molar-refractivity contribution in [2.24, 2.45) is 5.73 Å². The number of hydrogen-bond acceptors (Lipinski definition) is 2. The van der Waals surface area contributed by atoms with Gasteiger partial charge in [0, 0.05) is 11.6 Å². The number of rotatable bonds is 4. The summed E-state index contributed by atoms with van der Waals surface area (Å²) < 4.78 is 27.8. The molecule has 1 unspecified atom stereocenters. The first kappa shape index (κ1) is 15.4. The van der Waals surface area contributed by atoms with Gasteiger partial charge in [-0.3, -0.25) is 0 Å². The van der Waals surface area contributed by atoms with E-state index in [1.165, 1.54) is 12.1 Å². The maximum Gasteiger partial charge on any atom is 0.182 e. The van der Waals surface area contributed by atoms with Gasteiger partial charge in [-0.25, -0.2) is 8.78 Å². The Kier molecular flexibility index (Phi) is 4.53. The molecule has 0 spiro atoms. The molecule has 0 amide bonds.